The van der Waals surface area contributed by atoms with E-state index in [-0.39, 0.29) is 11.3 Å². The van der Waals surface area contributed by atoms with E-state index < -0.39 is 5.82 Å². The van der Waals surface area contributed by atoms with Gasteiger partial charge in [-0.25, -0.2) is 4.39 Å². The Balaban J connectivity index is 2.35. The highest BCUT2D eigenvalue weighted by Crippen LogP contribution is 2.29. The molecule has 1 aromatic carbocycles. The predicted octanol–water partition coefficient (Wildman–Crippen LogP) is 3.25. The Morgan fingerprint density at radius 2 is 1.76 bits per heavy atom. The smallest absolute Gasteiger partial charge is 0.194 e. The molecule has 0 aliphatic heterocycles. The minimum atomic E-state index is -0.545. The number of nitrogens with zero attached hydrogens (tertiary/aromatic N) is 1. The van der Waals surface area contributed by atoms with Crippen molar-refractivity contribution in [2.45, 2.75) is 13.8 Å². The molecular weight excluding hydrogens is 273 g/mol. The molecule has 5 heteroatoms. The summed E-state index contributed by atoms with van der Waals surface area (Å²) >= 11 is 0. The van der Waals surface area contributed by atoms with Crippen LogP contribution in [0.1, 0.15) is 29.8 Å². The summed E-state index contributed by atoms with van der Waals surface area (Å²) in [6.45, 7) is 4.67. The standard InChI is InChI=1S/C16H16FNO3/c1-3-20-14-6-5-11(8-15(14)21-4-2)16(19)12-7-13(17)10-18-9-12/h5-10H,3-4H2,1-2H3. The molecule has 4 nitrogen and oxygen atoms in total. The molecule has 0 N–H and O–H groups in total. The highest BCUT2D eigenvalue weighted by molar-refractivity contribution is 6.09. The molecule has 0 unspecified atom stereocenters. The molecule has 0 saturated carbocycles. The number of carbonyl (C=O) groups is 1. The first-order valence-electron chi connectivity index (χ1n) is 6.70. The Morgan fingerprint density at radius 3 is 2.43 bits per heavy atom. The summed E-state index contributed by atoms with van der Waals surface area (Å²) in [7, 11) is 0. The van der Waals surface area contributed by atoms with Crippen LogP contribution in [0, 0.1) is 5.82 Å². The first kappa shape index (κ1) is 15.0. The van der Waals surface area contributed by atoms with Gasteiger partial charge in [0.25, 0.3) is 0 Å². The summed E-state index contributed by atoms with van der Waals surface area (Å²) < 4.78 is 24.1. The maximum absolute atomic E-state index is 13.1. The molecule has 1 aromatic heterocycles. The fourth-order valence-electron chi connectivity index (χ4n) is 1.90. The lowest BCUT2D eigenvalue weighted by Gasteiger charge is -2.12. The summed E-state index contributed by atoms with van der Waals surface area (Å²) in [5.74, 6) is 0.214. The monoisotopic (exact) mass is 289 g/mol. The lowest BCUT2D eigenvalue weighted by atomic mass is 10.0. The molecule has 0 fully saturated rings. The zero-order valence-corrected chi connectivity index (χ0v) is 11.9. The summed E-state index contributed by atoms with van der Waals surface area (Å²) in [6, 6.07) is 6.06. The Labute approximate surface area is 122 Å². The van der Waals surface area contributed by atoms with Gasteiger partial charge >= 0.3 is 0 Å². The third-order valence-corrected chi connectivity index (χ3v) is 2.77. The van der Waals surface area contributed by atoms with Gasteiger partial charge in [0.1, 0.15) is 5.82 Å². The van der Waals surface area contributed by atoms with Crippen molar-refractivity contribution in [2.24, 2.45) is 0 Å². The van der Waals surface area contributed by atoms with E-state index in [1.807, 2.05) is 13.8 Å². The van der Waals surface area contributed by atoms with E-state index >= 15 is 0 Å². The van der Waals surface area contributed by atoms with Crippen LogP contribution in [0.25, 0.3) is 0 Å². The van der Waals surface area contributed by atoms with Crippen molar-refractivity contribution in [1.82, 2.24) is 4.98 Å². The van der Waals surface area contributed by atoms with E-state index in [2.05, 4.69) is 4.98 Å². The molecule has 0 saturated heterocycles. The van der Waals surface area contributed by atoms with Crippen molar-refractivity contribution in [3.05, 3.63) is 53.6 Å². The minimum Gasteiger partial charge on any atom is -0.490 e. The fourth-order valence-corrected chi connectivity index (χ4v) is 1.90. The molecule has 2 rings (SSSR count). The maximum atomic E-state index is 13.1. The average molecular weight is 289 g/mol. The quantitative estimate of drug-likeness (QED) is 0.766. The number of ketones is 1. The topological polar surface area (TPSA) is 48.4 Å². The van der Waals surface area contributed by atoms with Gasteiger partial charge in [-0.3, -0.25) is 9.78 Å². The van der Waals surface area contributed by atoms with Gasteiger partial charge in [-0.15, -0.1) is 0 Å². The molecular formula is C16H16FNO3. The average Bonchev–Trinajstić information content (AvgIpc) is 2.49. The summed E-state index contributed by atoms with van der Waals surface area (Å²) in [5.41, 5.74) is 0.593. The molecule has 1 heterocycles. The first-order valence-corrected chi connectivity index (χ1v) is 6.70. The second-order valence-electron chi connectivity index (χ2n) is 4.25. The van der Waals surface area contributed by atoms with Crippen molar-refractivity contribution in [3.63, 3.8) is 0 Å². The fraction of sp³-hybridized carbons (Fsp3) is 0.250. The van der Waals surface area contributed by atoms with Crippen molar-refractivity contribution in [3.8, 4) is 11.5 Å². The van der Waals surface area contributed by atoms with Gasteiger partial charge in [0, 0.05) is 17.3 Å². The van der Waals surface area contributed by atoms with Crippen molar-refractivity contribution < 1.29 is 18.7 Å². The molecule has 0 amide bonds. The highest BCUT2D eigenvalue weighted by Gasteiger charge is 2.14. The predicted molar refractivity (Wildman–Crippen MR) is 76.4 cm³/mol. The van der Waals surface area contributed by atoms with Crippen LogP contribution in [0.2, 0.25) is 0 Å². The van der Waals surface area contributed by atoms with Crippen molar-refractivity contribution in [1.29, 1.82) is 0 Å². The SMILES string of the molecule is CCOc1ccc(C(=O)c2cncc(F)c2)cc1OCC. The van der Waals surface area contributed by atoms with Crippen LogP contribution in [0.3, 0.4) is 0 Å². The van der Waals surface area contributed by atoms with E-state index in [1.54, 1.807) is 18.2 Å². The van der Waals surface area contributed by atoms with E-state index in [0.29, 0.717) is 30.3 Å². The van der Waals surface area contributed by atoms with Crippen LogP contribution in [0.4, 0.5) is 4.39 Å². The van der Waals surface area contributed by atoms with Crippen LogP contribution in [-0.2, 0) is 0 Å². The van der Waals surface area contributed by atoms with Crippen LogP contribution in [0.5, 0.6) is 11.5 Å². The Kier molecular flexibility index (Phi) is 4.87. The number of benzene rings is 1. The summed E-state index contributed by atoms with van der Waals surface area (Å²) in [4.78, 5) is 16.0. The number of hydrogen-bond donors (Lipinski definition) is 0. The van der Waals surface area contributed by atoms with Crippen molar-refractivity contribution in [2.75, 3.05) is 13.2 Å². The third-order valence-electron chi connectivity index (χ3n) is 2.77. The van der Waals surface area contributed by atoms with Gasteiger partial charge in [0.05, 0.1) is 19.4 Å². The lowest BCUT2D eigenvalue weighted by molar-refractivity contribution is 0.103. The number of ether oxygens (including phenoxy) is 2. The Morgan fingerprint density at radius 1 is 1.05 bits per heavy atom. The molecule has 110 valence electrons. The summed E-state index contributed by atoms with van der Waals surface area (Å²) in [6.07, 6.45) is 2.39. The van der Waals surface area contributed by atoms with Gasteiger partial charge in [-0.2, -0.15) is 0 Å². The van der Waals surface area contributed by atoms with E-state index in [9.17, 15) is 9.18 Å². The number of carbonyl (C=O) groups excluding carboxylic acids is 1. The van der Waals surface area contributed by atoms with E-state index in [0.717, 1.165) is 12.3 Å². The zero-order valence-electron chi connectivity index (χ0n) is 11.9. The van der Waals surface area contributed by atoms with Gasteiger partial charge in [-0.05, 0) is 38.1 Å². The van der Waals surface area contributed by atoms with Crippen LogP contribution in [-0.4, -0.2) is 24.0 Å². The third kappa shape index (κ3) is 3.56. The second kappa shape index (κ2) is 6.83. The van der Waals surface area contributed by atoms with Crippen LogP contribution in [0.15, 0.2) is 36.7 Å². The number of hydrogen-bond acceptors (Lipinski definition) is 4. The van der Waals surface area contributed by atoms with E-state index in [4.69, 9.17) is 9.47 Å². The Hall–Kier alpha value is -2.43. The van der Waals surface area contributed by atoms with Gasteiger partial charge in [-0.1, -0.05) is 0 Å². The molecule has 0 bridgehead atoms. The summed E-state index contributed by atoms with van der Waals surface area (Å²) in [5, 5.41) is 0. The maximum Gasteiger partial charge on any atom is 0.194 e. The molecule has 0 aliphatic carbocycles. The first-order chi connectivity index (χ1) is 10.2. The second-order valence-corrected chi connectivity index (χ2v) is 4.25. The molecule has 0 spiro atoms. The molecule has 0 atom stereocenters. The Bertz CT molecular complexity index is 643. The van der Waals surface area contributed by atoms with Gasteiger partial charge < -0.3 is 9.47 Å². The largest absolute Gasteiger partial charge is 0.490 e. The molecule has 0 aliphatic rings. The number of pyridine rings is 1. The van der Waals surface area contributed by atoms with Gasteiger partial charge in [0.15, 0.2) is 17.3 Å². The zero-order chi connectivity index (χ0) is 15.2. The highest BCUT2D eigenvalue weighted by atomic mass is 19.1. The molecule has 0 radical (unpaired) electrons. The van der Waals surface area contributed by atoms with Crippen LogP contribution < -0.4 is 9.47 Å². The van der Waals surface area contributed by atoms with Gasteiger partial charge in [0.2, 0.25) is 0 Å². The normalized spacial score (nSPS) is 10.2. The molecule has 21 heavy (non-hydrogen) atoms. The minimum absolute atomic E-state index is 0.196. The number of rotatable bonds is 6. The van der Waals surface area contributed by atoms with Crippen LogP contribution >= 0.6 is 0 Å². The van der Waals surface area contributed by atoms with E-state index in [1.165, 1.54) is 6.20 Å². The number of aromatic nitrogens is 1. The lowest BCUT2D eigenvalue weighted by Crippen LogP contribution is -2.05. The number of halogens is 1. The molecule has 2 aromatic rings. The van der Waals surface area contributed by atoms with Crippen molar-refractivity contribution >= 4 is 5.78 Å².